The second-order valence-corrected chi connectivity index (χ2v) is 12.7. The molecule has 1 saturated heterocycles. The first-order chi connectivity index (χ1) is 25.0. The number of hydrogen-bond donors (Lipinski definition) is 2. The first-order valence-electron chi connectivity index (χ1n) is 16.9. The fourth-order valence-electron chi connectivity index (χ4n) is 6.10. The minimum absolute atomic E-state index is 0.105. The number of piperidine rings is 1. The molecule has 2 N–H and O–H groups in total. The third-order valence-electron chi connectivity index (χ3n) is 9.00. The summed E-state index contributed by atoms with van der Waals surface area (Å²) in [6, 6.07) is 20.0. The van der Waals surface area contributed by atoms with Gasteiger partial charge < -0.3 is 25.0 Å². The van der Waals surface area contributed by atoms with Gasteiger partial charge in [0.1, 0.15) is 5.82 Å². The lowest BCUT2D eigenvalue weighted by Crippen LogP contribution is -2.29. The highest BCUT2D eigenvalue weighted by Gasteiger charge is 2.30. The molecule has 0 saturated carbocycles. The van der Waals surface area contributed by atoms with E-state index < -0.39 is 23.6 Å². The minimum atomic E-state index is -4.49. The second kappa shape index (κ2) is 15.5. The van der Waals surface area contributed by atoms with Gasteiger partial charge >= 0.3 is 6.18 Å². The summed E-state index contributed by atoms with van der Waals surface area (Å²) in [5.41, 5.74) is 2.77. The predicted molar refractivity (Wildman–Crippen MR) is 192 cm³/mol. The van der Waals surface area contributed by atoms with Crippen molar-refractivity contribution in [2.45, 2.75) is 38.5 Å². The van der Waals surface area contributed by atoms with Gasteiger partial charge in [-0.05, 0) is 85.5 Å². The van der Waals surface area contributed by atoms with Crippen molar-refractivity contribution in [2.75, 3.05) is 30.4 Å². The third kappa shape index (κ3) is 8.48. The summed E-state index contributed by atoms with van der Waals surface area (Å²) < 4.78 is 41.4. The predicted octanol–water partition coefficient (Wildman–Crippen LogP) is 6.95. The van der Waals surface area contributed by atoms with Crippen LogP contribution in [0.1, 0.15) is 67.3 Å². The number of aromatic nitrogens is 3. The van der Waals surface area contributed by atoms with Crippen LogP contribution < -0.4 is 15.5 Å². The summed E-state index contributed by atoms with van der Waals surface area (Å²) in [5, 5.41) is 5.67. The molecule has 6 rings (SSSR count). The molecule has 3 amide bonds. The van der Waals surface area contributed by atoms with Crippen LogP contribution in [0.25, 0.3) is 11.3 Å². The van der Waals surface area contributed by atoms with Crippen LogP contribution in [-0.4, -0.2) is 57.3 Å². The number of amides is 3. The van der Waals surface area contributed by atoms with Crippen molar-refractivity contribution in [1.29, 1.82) is 0 Å². The molecule has 0 spiro atoms. The average molecular weight is 710 g/mol. The van der Waals surface area contributed by atoms with Gasteiger partial charge in [0, 0.05) is 80.3 Å². The van der Waals surface area contributed by atoms with Crippen LogP contribution in [0.2, 0.25) is 0 Å². The number of benzene rings is 3. The number of imidazole rings is 1. The van der Waals surface area contributed by atoms with E-state index in [2.05, 4.69) is 25.5 Å². The summed E-state index contributed by atoms with van der Waals surface area (Å²) >= 11 is 0. The molecule has 52 heavy (non-hydrogen) atoms. The number of carbonyl (C=O) groups excluding carboxylic acids is 3. The Hall–Kier alpha value is -5.98. The first kappa shape index (κ1) is 35.8. The van der Waals surface area contributed by atoms with E-state index in [1.807, 2.05) is 23.7 Å². The normalized spacial score (nSPS) is 13.1. The standard InChI is InChI=1S/C39H38F3N7O3/c1-47-19-16-44-35(47)25-48(2)38(52)29-10-7-9-27(21-29)37(51)46-33-13-12-31(49-17-4-3-5-18-49)23-32(33)34-22-28(14-15-43-34)36(50)45-24-26-8-6-11-30(20-26)39(40,41)42/h6-16,19-23H,3-5,17-18,24-25H2,1-2H3,(H,45,50)(H,46,51). The van der Waals surface area contributed by atoms with Crippen molar-refractivity contribution in [3.63, 3.8) is 0 Å². The van der Waals surface area contributed by atoms with E-state index in [4.69, 9.17) is 0 Å². The average Bonchev–Trinajstić information content (AvgIpc) is 3.57. The highest BCUT2D eigenvalue weighted by Crippen LogP contribution is 2.33. The third-order valence-corrected chi connectivity index (χ3v) is 9.00. The van der Waals surface area contributed by atoms with Gasteiger partial charge in [0.15, 0.2) is 0 Å². The van der Waals surface area contributed by atoms with E-state index in [0.29, 0.717) is 34.6 Å². The van der Waals surface area contributed by atoms with Gasteiger partial charge in [-0.25, -0.2) is 4.98 Å². The topological polar surface area (TPSA) is 112 Å². The highest BCUT2D eigenvalue weighted by molar-refractivity contribution is 6.08. The zero-order valence-electron chi connectivity index (χ0n) is 28.8. The number of carbonyl (C=O) groups is 3. The Morgan fingerprint density at radius 3 is 2.33 bits per heavy atom. The van der Waals surface area contributed by atoms with Crippen molar-refractivity contribution in [3.05, 3.63) is 131 Å². The maximum Gasteiger partial charge on any atom is 0.416 e. The zero-order valence-corrected chi connectivity index (χ0v) is 28.8. The molecule has 1 fully saturated rings. The molecule has 10 nitrogen and oxygen atoms in total. The SMILES string of the molecule is CN(Cc1nccn1C)C(=O)c1cccc(C(=O)Nc2ccc(N3CCCCC3)cc2-c2cc(C(=O)NCc3cccc(C(F)(F)F)c3)ccn2)c1. The lowest BCUT2D eigenvalue weighted by atomic mass is 10.0. The van der Waals surface area contributed by atoms with Crippen LogP contribution in [0.3, 0.4) is 0 Å². The van der Waals surface area contributed by atoms with Crippen molar-refractivity contribution in [3.8, 4) is 11.3 Å². The Balaban J connectivity index is 1.24. The van der Waals surface area contributed by atoms with Gasteiger partial charge in [0.05, 0.1) is 23.5 Å². The molecule has 5 aromatic rings. The fraction of sp³-hybridized carbons (Fsp3) is 0.256. The molecule has 3 aromatic carbocycles. The van der Waals surface area contributed by atoms with Gasteiger partial charge in [0.2, 0.25) is 0 Å². The Morgan fingerprint density at radius 2 is 1.58 bits per heavy atom. The van der Waals surface area contributed by atoms with Crippen LogP contribution in [0.5, 0.6) is 0 Å². The van der Waals surface area contributed by atoms with E-state index in [0.717, 1.165) is 56.0 Å². The van der Waals surface area contributed by atoms with E-state index in [1.165, 1.54) is 29.3 Å². The molecule has 0 bridgehead atoms. The lowest BCUT2D eigenvalue weighted by Gasteiger charge is -2.29. The van der Waals surface area contributed by atoms with Gasteiger partial charge in [-0.15, -0.1) is 0 Å². The summed E-state index contributed by atoms with van der Waals surface area (Å²) in [4.78, 5) is 52.8. The lowest BCUT2D eigenvalue weighted by molar-refractivity contribution is -0.137. The summed E-state index contributed by atoms with van der Waals surface area (Å²) in [7, 11) is 3.52. The summed E-state index contributed by atoms with van der Waals surface area (Å²) in [6.45, 7) is 1.95. The smallest absolute Gasteiger partial charge is 0.372 e. The van der Waals surface area contributed by atoms with Crippen molar-refractivity contribution < 1.29 is 27.6 Å². The maximum atomic E-state index is 13.7. The molecular formula is C39H38F3N7O3. The molecule has 1 aliphatic rings. The van der Waals surface area contributed by atoms with Gasteiger partial charge in [-0.1, -0.05) is 18.2 Å². The molecule has 0 radical (unpaired) electrons. The monoisotopic (exact) mass is 709 g/mol. The Labute approximate surface area is 299 Å². The van der Waals surface area contributed by atoms with Crippen molar-refractivity contribution >= 4 is 29.1 Å². The number of alkyl halides is 3. The second-order valence-electron chi connectivity index (χ2n) is 12.7. The number of rotatable bonds is 10. The molecule has 13 heteroatoms. The van der Waals surface area contributed by atoms with E-state index >= 15 is 0 Å². The Morgan fingerprint density at radius 1 is 0.827 bits per heavy atom. The van der Waals surface area contributed by atoms with E-state index in [9.17, 15) is 27.6 Å². The molecule has 2 aromatic heterocycles. The van der Waals surface area contributed by atoms with Gasteiger partial charge in [0.25, 0.3) is 17.7 Å². The number of pyridine rings is 1. The van der Waals surface area contributed by atoms with Crippen LogP contribution in [0.15, 0.2) is 97.5 Å². The zero-order chi connectivity index (χ0) is 36.8. The Kier molecular flexibility index (Phi) is 10.7. The molecule has 0 atom stereocenters. The number of aryl methyl sites for hydroxylation is 1. The minimum Gasteiger partial charge on any atom is -0.372 e. The molecular weight excluding hydrogens is 671 g/mol. The first-order valence-corrected chi connectivity index (χ1v) is 16.9. The number of nitrogens with one attached hydrogen (secondary N) is 2. The van der Waals surface area contributed by atoms with Gasteiger partial charge in [-0.2, -0.15) is 13.2 Å². The molecule has 0 aliphatic carbocycles. The molecule has 268 valence electrons. The van der Waals surface area contributed by atoms with Crippen LogP contribution in [-0.2, 0) is 26.3 Å². The number of halogens is 3. The van der Waals surface area contributed by atoms with Crippen LogP contribution in [0, 0.1) is 0 Å². The highest BCUT2D eigenvalue weighted by atomic mass is 19.4. The largest absolute Gasteiger partial charge is 0.416 e. The number of hydrogen-bond acceptors (Lipinski definition) is 6. The fourth-order valence-corrected chi connectivity index (χ4v) is 6.10. The van der Waals surface area contributed by atoms with Crippen LogP contribution >= 0.6 is 0 Å². The molecule has 0 unspecified atom stereocenters. The molecule has 3 heterocycles. The van der Waals surface area contributed by atoms with Crippen molar-refractivity contribution in [1.82, 2.24) is 24.8 Å². The van der Waals surface area contributed by atoms with Gasteiger partial charge in [-0.3, -0.25) is 19.4 Å². The molecule has 1 aliphatic heterocycles. The van der Waals surface area contributed by atoms with E-state index in [1.54, 1.807) is 55.8 Å². The Bertz CT molecular complexity index is 2090. The van der Waals surface area contributed by atoms with Crippen LogP contribution in [0.4, 0.5) is 24.5 Å². The number of nitrogens with zero attached hydrogens (tertiary/aromatic N) is 5. The van der Waals surface area contributed by atoms with E-state index in [-0.39, 0.29) is 23.6 Å². The number of anilines is 2. The summed E-state index contributed by atoms with van der Waals surface area (Å²) in [6.07, 6.45) is 3.71. The maximum absolute atomic E-state index is 13.7. The summed E-state index contributed by atoms with van der Waals surface area (Å²) in [5.74, 6) is -0.482. The van der Waals surface area contributed by atoms with Crippen molar-refractivity contribution in [2.24, 2.45) is 7.05 Å². The quantitative estimate of drug-likeness (QED) is 0.163.